The zero-order valence-electron chi connectivity index (χ0n) is 20.1. The summed E-state index contributed by atoms with van der Waals surface area (Å²) in [5.41, 5.74) is 0.578. The molecule has 0 aromatic heterocycles. The number of amides is 2. The van der Waals surface area contributed by atoms with Crippen LogP contribution in [0.5, 0.6) is 28.7 Å². The summed E-state index contributed by atoms with van der Waals surface area (Å²) >= 11 is 0. The summed E-state index contributed by atoms with van der Waals surface area (Å²) < 4.78 is 33.2. The molecule has 4 aliphatic heterocycles. The minimum Gasteiger partial charge on any atom is -0.493 e. The lowest BCUT2D eigenvalue weighted by molar-refractivity contribution is -0.136. The van der Waals surface area contributed by atoms with Gasteiger partial charge >= 0.3 is 0 Å². The minimum atomic E-state index is -0.810. The Balaban J connectivity index is 1.23. The van der Waals surface area contributed by atoms with Gasteiger partial charge in [0.15, 0.2) is 23.0 Å². The van der Waals surface area contributed by atoms with Crippen molar-refractivity contribution >= 4 is 17.5 Å². The largest absolute Gasteiger partial charge is 0.493 e. The van der Waals surface area contributed by atoms with Crippen molar-refractivity contribution in [3.63, 3.8) is 0 Å². The third kappa shape index (κ3) is 3.35. The van der Waals surface area contributed by atoms with Crippen molar-refractivity contribution in [2.45, 2.75) is 18.2 Å². The fraction of sp³-hybridized carbons (Fsp3) is 0.385. The van der Waals surface area contributed by atoms with Crippen molar-refractivity contribution in [1.82, 2.24) is 4.90 Å². The van der Waals surface area contributed by atoms with Gasteiger partial charge in [0.25, 0.3) is 0 Å². The SMILES string of the molecule is COc1cc(NC(=O)[C@H]2[C@H]3C(=O)N(Cc4ccc5c(c4)OCO5)C[C@]34C=C[C@H]2O4)cc(OC)c1OC. The van der Waals surface area contributed by atoms with Crippen LogP contribution in [0.2, 0.25) is 0 Å². The van der Waals surface area contributed by atoms with E-state index in [4.69, 9.17) is 28.4 Å². The summed E-state index contributed by atoms with van der Waals surface area (Å²) in [4.78, 5) is 28.8. The van der Waals surface area contributed by atoms with Crippen molar-refractivity contribution in [3.05, 3.63) is 48.0 Å². The standard InChI is InChI=1S/C26H26N2O8/c1-31-19-9-15(10-20(32-2)23(19)33-3)27-24(29)21-17-6-7-26(36-17)12-28(25(30)22(21)26)11-14-4-5-16-18(8-14)35-13-34-16/h4-10,17,21-22H,11-13H2,1-3H3,(H,27,29)/t17-,21-,22+,26-/m1/s1. The van der Waals surface area contributed by atoms with Gasteiger partial charge in [-0.3, -0.25) is 9.59 Å². The Hall–Kier alpha value is -3.92. The Kier molecular flexibility index (Phi) is 5.22. The summed E-state index contributed by atoms with van der Waals surface area (Å²) in [5.74, 6) is 0.931. The number of benzene rings is 2. The third-order valence-electron chi connectivity index (χ3n) is 7.22. The lowest BCUT2D eigenvalue weighted by Crippen LogP contribution is -2.41. The molecule has 0 saturated carbocycles. The Morgan fingerprint density at radius 3 is 2.56 bits per heavy atom. The van der Waals surface area contributed by atoms with E-state index in [-0.39, 0.29) is 18.6 Å². The molecule has 6 rings (SSSR count). The normalized spacial score (nSPS) is 26.8. The molecule has 2 fully saturated rings. The third-order valence-corrected chi connectivity index (χ3v) is 7.22. The monoisotopic (exact) mass is 494 g/mol. The van der Waals surface area contributed by atoms with Gasteiger partial charge in [-0.15, -0.1) is 0 Å². The summed E-state index contributed by atoms with van der Waals surface area (Å²) in [6.07, 6.45) is 3.35. The van der Waals surface area contributed by atoms with Gasteiger partial charge < -0.3 is 38.6 Å². The van der Waals surface area contributed by atoms with Crippen molar-refractivity contribution in [2.24, 2.45) is 11.8 Å². The molecule has 0 aliphatic carbocycles. The molecule has 1 N–H and O–H groups in total. The molecular formula is C26H26N2O8. The van der Waals surface area contributed by atoms with Crippen LogP contribution in [0.1, 0.15) is 5.56 Å². The average Bonchev–Trinajstić information content (AvgIpc) is 3.64. The van der Waals surface area contributed by atoms with Crippen molar-refractivity contribution < 1.29 is 38.0 Å². The lowest BCUT2D eigenvalue weighted by atomic mass is 9.77. The van der Waals surface area contributed by atoms with E-state index in [0.29, 0.717) is 47.5 Å². The maximum atomic E-state index is 13.6. The van der Waals surface area contributed by atoms with Gasteiger partial charge in [0.05, 0.1) is 45.8 Å². The minimum absolute atomic E-state index is 0.107. The molecule has 2 amide bonds. The Bertz CT molecular complexity index is 1250. The average molecular weight is 495 g/mol. The number of nitrogens with one attached hydrogen (secondary N) is 1. The van der Waals surface area contributed by atoms with Gasteiger partial charge in [-0.2, -0.15) is 0 Å². The number of fused-ring (bicyclic) bond motifs is 2. The number of likely N-dealkylation sites (tertiary alicyclic amines) is 1. The van der Waals surface area contributed by atoms with Gasteiger partial charge in [0.2, 0.25) is 24.4 Å². The highest BCUT2D eigenvalue weighted by Crippen LogP contribution is 2.52. The van der Waals surface area contributed by atoms with E-state index in [0.717, 1.165) is 5.56 Å². The molecule has 188 valence electrons. The number of methoxy groups -OCH3 is 3. The zero-order valence-corrected chi connectivity index (χ0v) is 20.1. The molecule has 36 heavy (non-hydrogen) atoms. The molecule has 4 heterocycles. The first-order valence-electron chi connectivity index (χ1n) is 11.6. The number of carbonyl (C=O) groups excluding carboxylic acids is 2. The first-order valence-corrected chi connectivity index (χ1v) is 11.6. The quantitative estimate of drug-likeness (QED) is 0.585. The van der Waals surface area contributed by atoms with Crippen molar-refractivity contribution in [1.29, 1.82) is 0 Å². The number of ether oxygens (including phenoxy) is 6. The molecule has 10 heteroatoms. The van der Waals surface area contributed by atoms with Gasteiger partial charge in [-0.1, -0.05) is 18.2 Å². The fourth-order valence-corrected chi connectivity index (χ4v) is 5.65. The number of hydrogen-bond acceptors (Lipinski definition) is 8. The van der Waals surface area contributed by atoms with Crippen LogP contribution >= 0.6 is 0 Å². The van der Waals surface area contributed by atoms with E-state index in [9.17, 15) is 9.59 Å². The van der Waals surface area contributed by atoms with Gasteiger partial charge in [-0.05, 0) is 17.7 Å². The fourth-order valence-electron chi connectivity index (χ4n) is 5.65. The summed E-state index contributed by atoms with van der Waals surface area (Å²) in [6.45, 7) is 0.956. The molecule has 1 spiro atoms. The van der Waals surface area contributed by atoms with E-state index in [1.807, 2.05) is 30.4 Å². The first kappa shape index (κ1) is 22.5. The Morgan fingerprint density at radius 1 is 1.08 bits per heavy atom. The second-order valence-electron chi connectivity index (χ2n) is 9.19. The zero-order chi connectivity index (χ0) is 25.0. The van der Waals surface area contributed by atoms with E-state index < -0.39 is 23.5 Å². The molecule has 4 atom stereocenters. The lowest BCUT2D eigenvalue weighted by Gasteiger charge is -2.24. The smallest absolute Gasteiger partial charge is 0.231 e. The number of anilines is 1. The van der Waals surface area contributed by atoms with Crippen molar-refractivity contribution in [2.75, 3.05) is 40.0 Å². The van der Waals surface area contributed by atoms with Crippen LogP contribution in [0.3, 0.4) is 0 Å². The van der Waals surface area contributed by atoms with Crippen LogP contribution < -0.4 is 29.0 Å². The van der Waals surface area contributed by atoms with Crippen LogP contribution in [0.4, 0.5) is 5.69 Å². The van der Waals surface area contributed by atoms with Gasteiger partial charge in [-0.25, -0.2) is 0 Å². The number of rotatable bonds is 7. The molecule has 2 aromatic carbocycles. The van der Waals surface area contributed by atoms with Crippen LogP contribution in [0.15, 0.2) is 42.5 Å². The second kappa shape index (κ2) is 8.34. The van der Waals surface area contributed by atoms with E-state index in [1.165, 1.54) is 21.3 Å². The molecule has 0 unspecified atom stereocenters. The number of carbonyl (C=O) groups is 2. The van der Waals surface area contributed by atoms with E-state index in [2.05, 4.69) is 5.32 Å². The van der Waals surface area contributed by atoms with E-state index in [1.54, 1.807) is 17.0 Å². The second-order valence-corrected chi connectivity index (χ2v) is 9.19. The molecule has 2 saturated heterocycles. The Labute approximate surface area is 207 Å². The maximum absolute atomic E-state index is 13.6. The maximum Gasteiger partial charge on any atom is 0.231 e. The first-order chi connectivity index (χ1) is 17.5. The number of hydrogen-bond donors (Lipinski definition) is 1. The molecule has 4 aliphatic rings. The van der Waals surface area contributed by atoms with Gasteiger partial charge in [0.1, 0.15) is 5.60 Å². The van der Waals surface area contributed by atoms with Crippen LogP contribution in [-0.2, 0) is 20.9 Å². The topological polar surface area (TPSA) is 105 Å². The summed E-state index contributed by atoms with van der Waals surface area (Å²) in [7, 11) is 4.53. The van der Waals surface area contributed by atoms with Crippen molar-refractivity contribution in [3.8, 4) is 28.7 Å². The van der Waals surface area contributed by atoms with Crippen LogP contribution in [0.25, 0.3) is 0 Å². The summed E-state index contributed by atoms with van der Waals surface area (Å²) in [5, 5.41) is 2.92. The molecule has 10 nitrogen and oxygen atoms in total. The highest BCUT2D eigenvalue weighted by molar-refractivity contribution is 5.99. The highest BCUT2D eigenvalue weighted by Gasteiger charge is 2.66. The van der Waals surface area contributed by atoms with E-state index >= 15 is 0 Å². The predicted molar refractivity (Wildman–Crippen MR) is 126 cm³/mol. The van der Waals surface area contributed by atoms with Gasteiger partial charge in [0, 0.05) is 24.4 Å². The molecule has 2 bridgehead atoms. The number of nitrogens with zero attached hydrogens (tertiary/aromatic N) is 1. The molecular weight excluding hydrogens is 468 g/mol. The molecule has 2 aromatic rings. The molecule has 0 radical (unpaired) electrons. The summed E-state index contributed by atoms with van der Waals surface area (Å²) in [6, 6.07) is 8.94. The predicted octanol–water partition coefficient (Wildman–Crippen LogP) is 2.36. The van der Waals surface area contributed by atoms with Crippen LogP contribution in [-0.4, -0.2) is 63.1 Å². The van der Waals surface area contributed by atoms with Crippen LogP contribution in [0, 0.1) is 11.8 Å². The highest BCUT2D eigenvalue weighted by atomic mass is 16.7. The Morgan fingerprint density at radius 2 is 1.83 bits per heavy atom.